The Bertz CT molecular complexity index is 568. The van der Waals surface area contributed by atoms with Gasteiger partial charge in [-0.25, -0.2) is 0 Å². The van der Waals surface area contributed by atoms with Gasteiger partial charge in [0.1, 0.15) is 0 Å². The Morgan fingerprint density at radius 2 is 2.14 bits per heavy atom. The minimum absolute atomic E-state index is 0. The zero-order valence-corrected chi connectivity index (χ0v) is 15.1. The molecule has 0 radical (unpaired) electrons. The Morgan fingerprint density at radius 3 is 2.68 bits per heavy atom. The third-order valence-electron chi connectivity index (χ3n) is 4.48. The number of aryl methyl sites for hydroxylation is 1. The van der Waals surface area contributed by atoms with Gasteiger partial charge in [0.2, 0.25) is 5.91 Å². The summed E-state index contributed by atoms with van der Waals surface area (Å²) in [5, 5.41) is 0. The smallest absolute Gasteiger partial charge is 0.307 e. The standard InChI is InChI=1S/C15H25N3O2S.ClH/c1-10(16)13-5-4-7-17(9-13)14(19)6-8-18-11(2)12(3)21-15(18)20;/h10,13H,4-9,16H2,1-3H3;1H. The lowest BCUT2D eigenvalue weighted by Gasteiger charge is -2.34. The van der Waals surface area contributed by atoms with Gasteiger partial charge in [-0.3, -0.25) is 9.59 Å². The molecule has 2 rings (SSSR count). The van der Waals surface area contributed by atoms with E-state index in [1.54, 1.807) is 4.57 Å². The average molecular weight is 348 g/mol. The Morgan fingerprint density at radius 1 is 1.45 bits per heavy atom. The second kappa shape index (κ2) is 8.13. The van der Waals surface area contributed by atoms with Crippen LogP contribution in [0.15, 0.2) is 4.79 Å². The lowest BCUT2D eigenvalue weighted by molar-refractivity contribution is -0.133. The molecule has 5 nitrogen and oxygen atoms in total. The van der Waals surface area contributed by atoms with Crippen LogP contribution in [0.1, 0.15) is 36.8 Å². The summed E-state index contributed by atoms with van der Waals surface area (Å²) in [4.78, 5) is 27.1. The van der Waals surface area contributed by atoms with E-state index >= 15 is 0 Å². The topological polar surface area (TPSA) is 68.3 Å². The van der Waals surface area contributed by atoms with Crippen molar-refractivity contribution in [2.45, 2.75) is 52.6 Å². The second-order valence-corrected chi connectivity index (χ2v) is 7.18. The van der Waals surface area contributed by atoms with Gasteiger partial charge in [0.05, 0.1) is 0 Å². The van der Waals surface area contributed by atoms with Gasteiger partial charge in [0, 0.05) is 42.7 Å². The van der Waals surface area contributed by atoms with Crippen LogP contribution in [0, 0.1) is 19.8 Å². The number of aromatic nitrogens is 1. The number of piperidine rings is 1. The molecule has 7 heteroatoms. The molecule has 0 aliphatic carbocycles. The summed E-state index contributed by atoms with van der Waals surface area (Å²) in [5.74, 6) is 0.533. The molecule has 2 heterocycles. The van der Waals surface area contributed by atoms with Gasteiger partial charge < -0.3 is 15.2 Å². The molecule has 0 bridgehead atoms. The van der Waals surface area contributed by atoms with Crippen LogP contribution in [0.4, 0.5) is 0 Å². The third-order valence-corrected chi connectivity index (χ3v) is 5.48. The quantitative estimate of drug-likeness (QED) is 0.904. The van der Waals surface area contributed by atoms with E-state index in [1.165, 1.54) is 11.3 Å². The normalized spacial score (nSPS) is 19.6. The molecule has 0 spiro atoms. The number of likely N-dealkylation sites (tertiary alicyclic amines) is 1. The fraction of sp³-hybridized carbons (Fsp3) is 0.733. The number of rotatable bonds is 4. The first-order chi connectivity index (χ1) is 9.90. The highest BCUT2D eigenvalue weighted by Crippen LogP contribution is 2.19. The Kier molecular flexibility index (Phi) is 7.09. The van der Waals surface area contributed by atoms with Crippen molar-refractivity contribution in [3.63, 3.8) is 0 Å². The summed E-state index contributed by atoms with van der Waals surface area (Å²) in [6.07, 6.45) is 2.51. The SMILES string of the molecule is Cc1sc(=O)n(CCC(=O)N2CCCC(C(C)N)C2)c1C.Cl. The molecule has 22 heavy (non-hydrogen) atoms. The van der Waals surface area contributed by atoms with E-state index in [4.69, 9.17) is 5.73 Å². The molecule has 1 aliphatic heterocycles. The second-order valence-electron chi connectivity index (χ2n) is 6.01. The molecule has 1 amide bonds. The maximum atomic E-state index is 12.3. The predicted molar refractivity (Wildman–Crippen MR) is 92.9 cm³/mol. The van der Waals surface area contributed by atoms with Crippen molar-refractivity contribution in [3.8, 4) is 0 Å². The van der Waals surface area contributed by atoms with Crippen molar-refractivity contribution in [2.75, 3.05) is 13.1 Å². The molecular formula is C15H26ClN3O2S. The van der Waals surface area contributed by atoms with E-state index in [2.05, 4.69) is 0 Å². The summed E-state index contributed by atoms with van der Waals surface area (Å²) in [5.41, 5.74) is 6.93. The van der Waals surface area contributed by atoms with Crippen LogP contribution in [0.3, 0.4) is 0 Å². The lowest BCUT2D eigenvalue weighted by Crippen LogP contribution is -2.45. The molecular weight excluding hydrogens is 322 g/mol. The van der Waals surface area contributed by atoms with Gasteiger partial charge in [-0.2, -0.15) is 0 Å². The Hall–Kier alpha value is -0.850. The van der Waals surface area contributed by atoms with E-state index in [9.17, 15) is 9.59 Å². The Labute approximate surface area is 141 Å². The first-order valence-corrected chi connectivity index (χ1v) is 8.42. The van der Waals surface area contributed by atoms with Crippen LogP contribution in [0.5, 0.6) is 0 Å². The maximum Gasteiger partial charge on any atom is 0.307 e. The molecule has 2 unspecified atom stereocenters. The first kappa shape index (κ1) is 19.2. The summed E-state index contributed by atoms with van der Waals surface area (Å²) in [6.45, 7) is 7.94. The van der Waals surface area contributed by atoms with Crippen LogP contribution in [-0.2, 0) is 11.3 Å². The number of carbonyl (C=O) groups is 1. The maximum absolute atomic E-state index is 12.3. The van der Waals surface area contributed by atoms with Crippen molar-refractivity contribution < 1.29 is 4.79 Å². The van der Waals surface area contributed by atoms with Crippen LogP contribution >= 0.6 is 23.7 Å². The number of thiazole rings is 1. The van der Waals surface area contributed by atoms with E-state index in [-0.39, 0.29) is 29.2 Å². The van der Waals surface area contributed by atoms with E-state index in [1.807, 2.05) is 25.7 Å². The first-order valence-electron chi connectivity index (χ1n) is 7.60. The molecule has 1 aliphatic rings. The zero-order valence-electron chi connectivity index (χ0n) is 13.5. The molecule has 1 aromatic heterocycles. The van der Waals surface area contributed by atoms with Crippen molar-refractivity contribution in [3.05, 3.63) is 20.2 Å². The van der Waals surface area contributed by atoms with Gasteiger partial charge in [-0.05, 0) is 39.5 Å². The fourth-order valence-electron chi connectivity index (χ4n) is 2.88. The monoisotopic (exact) mass is 347 g/mol. The highest BCUT2D eigenvalue weighted by molar-refractivity contribution is 7.09. The number of halogens is 1. The molecule has 1 saturated heterocycles. The van der Waals surface area contributed by atoms with E-state index in [0.717, 1.165) is 36.5 Å². The van der Waals surface area contributed by atoms with Gasteiger partial charge in [0.25, 0.3) is 0 Å². The number of hydrogen-bond donors (Lipinski definition) is 1. The number of nitrogens with two attached hydrogens (primary N) is 1. The average Bonchev–Trinajstić information content (AvgIpc) is 2.70. The predicted octanol–water partition coefficient (Wildman–Crippen LogP) is 1.92. The molecule has 1 aromatic rings. The van der Waals surface area contributed by atoms with E-state index < -0.39 is 0 Å². The zero-order chi connectivity index (χ0) is 15.6. The van der Waals surface area contributed by atoms with Crippen LogP contribution in [0.25, 0.3) is 0 Å². The van der Waals surface area contributed by atoms with Gasteiger partial charge >= 0.3 is 4.87 Å². The molecule has 2 atom stereocenters. The minimum atomic E-state index is 0. The minimum Gasteiger partial charge on any atom is -0.342 e. The molecule has 0 aromatic carbocycles. The molecule has 1 fully saturated rings. The fourth-order valence-corrected chi connectivity index (χ4v) is 3.74. The third kappa shape index (κ3) is 4.33. The van der Waals surface area contributed by atoms with Crippen LogP contribution in [0.2, 0.25) is 0 Å². The van der Waals surface area contributed by atoms with Crippen molar-refractivity contribution in [1.82, 2.24) is 9.47 Å². The summed E-state index contributed by atoms with van der Waals surface area (Å²) in [6, 6.07) is 0.130. The summed E-state index contributed by atoms with van der Waals surface area (Å²) >= 11 is 1.25. The molecule has 126 valence electrons. The summed E-state index contributed by atoms with van der Waals surface area (Å²) in [7, 11) is 0. The largest absolute Gasteiger partial charge is 0.342 e. The van der Waals surface area contributed by atoms with Gasteiger partial charge in [-0.15, -0.1) is 12.4 Å². The number of nitrogens with zero attached hydrogens (tertiary/aromatic N) is 2. The Balaban J connectivity index is 0.00000242. The van der Waals surface area contributed by atoms with Crippen molar-refractivity contribution >= 4 is 29.7 Å². The van der Waals surface area contributed by atoms with Gasteiger partial charge in [-0.1, -0.05) is 11.3 Å². The van der Waals surface area contributed by atoms with Gasteiger partial charge in [0.15, 0.2) is 0 Å². The van der Waals surface area contributed by atoms with E-state index in [0.29, 0.717) is 18.9 Å². The lowest BCUT2D eigenvalue weighted by atomic mass is 9.92. The molecule has 0 saturated carbocycles. The number of hydrogen-bond acceptors (Lipinski definition) is 4. The highest BCUT2D eigenvalue weighted by Gasteiger charge is 2.25. The number of amides is 1. The number of carbonyl (C=O) groups excluding carboxylic acids is 1. The van der Waals surface area contributed by atoms with Crippen molar-refractivity contribution in [2.24, 2.45) is 11.7 Å². The van der Waals surface area contributed by atoms with Crippen LogP contribution in [-0.4, -0.2) is 34.5 Å². The summed E-state index contributed by atoms with van der Waals surface area (Å²) < 4.78 is 1.71. The molecule has 2 N–H and O–H groups in total. The highest BCUT2D eigenvalue weighted by atomic mass is 35.5. The van der Waals surface area contributed by atoms with Crippen LogP contribution < -0.4 is 10.6 Å². The van der Waals surface area contributed by atoms with Crippen molar-refractivity contribution in [1.29, 1.82) is 0 Å².